The first kappa shape index (κ1) is 26.7. The summed E-state index contributed by atoms with van der Waals surface area (Å²) in [6.45, 7) is 3.50. The molecule has 1 saturated carbocycles. The van der Waals surface area contributed by atoms with E-state index in [9.17, 15) is 18.0 Å². The molecule has 2 aromatic rings. The third-order valence-electron chi connectivity index (χ3n) is 6.64. The van der Waals surface area contributed by atoms with Gasteiger partial charge < -0.3 is 10.2 Å². The Morgan fingerprint density at radius 3 is 2.26 bits per heavy atom. The van der Waals surface area contributed by atoms with Gasteiger partial charge in [0.15, 0.2) is 0 Å². The Labute approximate surface area is 209 Å². The molecule has 8 heteroatoms. The molecule has 3 rings (SSSR count). The minimum atomic E-state index is -3.74. The maximum absolute atomic E-state index is 13.7. The number of amides is 2. The second-order valence-electron chi connectivity index (χ2n) is 9.28. The number of para-hydroxylation sites is 1. The standard InChI is InChI=1S/C27H37N3O4S/c1-4-23-15-11-12-18-25(23)30(35(3,33)34)20-26(31)29(19-22-13-7-5-8-14-22)21(2)27(32)28-24-16-9-6-10-17-24/h5,7-8,11-15,18,21,24H,4,6,9-10,16-17,19-20H2,1-3H3,(H,28,32). The zero-order chi connectivity index (χ0) is 25.4. The van der Waals surface area contributed by atoms with Crippen LogP contribution in [0.15, 0.2) is 54.6 Å². The first-order chi connectivity index (χ1) is 16.7. The molecule has 1 unspecified atom stereocenters. The Morgan fingerprint density at radius 2 is 1.63 bits per heavy atom. The average molecular weight is 500 g/mol. The molecule has 7 nitrogen and oxygen atoms in total. The van der Waals surface area contributed by atoms with Crippen LogP contribution in [0.3, 0.4) is 0 Å². The number of hydrogen-bond acceptors (Lipinski definition) is 4. The Morgan fingerprint density at radius 1 is 1.00 bits per heavy atom. The van der Waals surface area contributed by atoms with Crippen LogP contribution in [0.5, 0.6) is 0 Å². The van der Waals surface area contributed by atoms with Gasteiger partial charge in [-0.3, -0.25) is 13.9 Å². The van der Waals surface area contributed by atoms with Crippen molar-refractivity contribution in [1.82, 2.24) is 10.2 Å². The maximum atomic E-state index is 13.7. The quantitative estimate of drug-likeness (QED) is 0.538. The summed E-state index contributed by atoms with van der Waals surface area (Å²) < 4.78 is 26.7. The van der Waals surface area contributed by atoms with Gasteiger partial charge in [0.2, 0.25) is 21.8 Å². The van der Waals surface area contributed by atoms with Gasteiger partial charge in [-0.2, -0.15) is 0 Å². The monoisotopic (exact) mass is 499 g/mol. The number of carbonyl (C=O) groups excluding carboxylic acids is 2. The van der Waals surface area contributed by atoms with Crippen LogP contribution in [0.4, 0.5) is 5.69 Å². The van der Waals surface area contributed by atoms with Gasteiger partial charge in [0, 0.05) is 12.6 Å². The summed E-state index contributed by atoms with van der Waals surface area (Å²) >= 11 is 0. The summed E-state index contributed by atoms with van der Waals surface area (Å²) in [6.07, 6.45) is 6.98. The molecule has 190 valence electrons. The number of nitrogens with one attached hydrogen (secondary N) is 1. The number of nitrogens with zero attached hydrogens (tertiary/aromatic N) is 2. The summed E-state index contributed by atoms with van der Waals surface area (Å²) in [4.78, 5) is 28.3. The van der Waals surface area contributed by atoms with E-state index in [-0.39, 0.29) is 25.0 Å². The summed E-state index contributed by atoms with van der Waals surface area (Å²) in [7, 11) is -3.74. The van der Waals surface area contributed by atoms with Gasteiger partial charge in [0.1, 0.15) is 12.6 Å². The number of rotatable bonds is 10. The molecular weight excluding hydrogens is 462 g/mol. The first-order valence-electron chi connectivity index (χ1n) is 12.4. The molecule has 1 aliphatic carbocycles. The van der Waals surface area contributed by atoms with Crippen LogP contribution in [0.1, 0.15) is 57.1 Å². The van der Waals surface area contributed by atoms with Crippen molar-refractivity contribution in [1.29, 1.82) is 0 Å². The number of benzene rings is 2. The van der Waals surface area contributed by atoms with Crippen molar-refractivity contribution in [3.8, 4) is 0 Å². The molecular formula is C27H37N3O4S. The predicted octanol–water partition coefficient (Wildman–Crippen LogP) is 3.88. The van der Waals surface area contributed by atoms with Gasteiger partial charge in [-0.15, -0.1) is 0 Å². The summed E-state index contributed by atoms with van der Waals surface area (Å²) in [5, 5.41) is 3.11. The van der Waals surface area contributed by atoms with Crippen LogP contribution in [-0.4, -0.2) is 50.0 Å². The lowest BCUT2D eigenvalue weighted by Crippen LogP contribution is -2.53. The Hall–Kier alpha value is -2.87. The van der Waals surface area contributed by atoms with Crippen molar-refractivity contribution >= 4 is 27.5 Å². The highest BCUT2D eigenvalue weighted by Gasteiger charge is 2.31. The lowest BCUT2D eigenvalue weighted by atomic mass is 9.95. The molecule has 0 heterocycles. The van der Waals surface area contributed by atoms with Crippen molar-refractivity contribution in [2.45, 2.75) is 71.0 Å². The second-order valence-corrected chi connectivity index (χ2v) is 11.2. The highest BCUT2D eigenvalue weighted by molar-refractivity contribution is 7.92. The minimum Gasteiger partial charge on any atom is -0.352 e. The molecule has 0 spiro atoms. The highest BCUT2D eigenvalue weighted by Crippen LogP contribution is 2.24. The van der Waals surface area contributed by atoms with Crippen LogP contribution in [0.2, 0.25) is 0 Å². The third kappa shape index (κ3) is 7.31. The van der Waals surface area contributed by atoms with Gasteiger partial charge in [0.05, 0.1) is 11.9 Å². The van der Waals surface area contributed by atoms with E-state index in [1.54, 1.807) is 19.1 Å². The van der Waals surface area contributed by atoms with E-state index >= 15 is 0 Å². The van der Waals surface area contributed by atoms with Crippen LogP contribution in [-0.2, 0) is 32.6 Å². The normalized spacial score (nSPS) is 15.3. The number of hydrogen-bond donors (Lipinski definition) is 1. The summed E-state index contributed by atoms with van der Waals surface area (Å²) in [5.41, 5.74) is 2.20. The summed E-state index contributed by atoms with van der Waals surface area (Å²) in [5.74, 6) is -0.627. The predicted molar refractivity (Wildman–Crippen MR) is 139 cm³/mol. The Kier molecular flexibility index (Phi) is 9.32. The number of sulfonamides is 1. The Bertz CT molecular complexity index is 1100. The topological polar surface area (TPSA) is 86.8 Å². The Balaban J connectivity index is 1.87. The molecule has 0 aliphatic heterocycles. The number of carbonyl (C=O) groups is 2. The lowest BCUT2D eigenvalue weighted by Gasteiger charge is -2.33. The van der Waals surface area contributed by atoms with Gasteiger partial charge in [-0.05, 0) is 43.4 Å². The number of aryl methyl sites for hydroxylation is 1. The van der Waals surface area contributed by atoms with Crippen molar-refractivity contribution in [3.63, 3.8) is 0 Å². The fraction of sp³-hybridized carbons (Fsp3) is 0.481. The van der Waals surface area contributed by atoms with Gasteiger partial charge in [0.25, 0.3) is 0 Å². The molecule has 35 heavy (non-hydrogen) atoms. The minimum absolute atomic E-state index is 0.122. The van der Waals surface area contributed by atoms with E-state index < -0.39 is 22.0 Å². The molecule has 1 fully saturated rings. The second kappa shape index (κ2) is 12.2. The van der Waals surface area contributed by atoms with Crippen molar-refractivity contribution < 1.29 is 18.0 Å². The molecule has 0 bridgehead atoms. The van der Waals surface area contributed by atoms with Gasteiger partial charge in [-0.25, -0.2) is 8.42 Å². The van der Waals surface area contributed by atoms with Crippen LogP contribution >= 0.6 is 0 Å². The molecule has 1 aliphatic rings. The van der Waals surface area contributed by atoms with Gasteiger partial charge in [-0.1, -0.05) is 74.7 Å². The fourth-order valence-corrected chi connectivity index (χ4v) is 5.46. The first-order valence-corrected chi connectivity index (χ1v) is 14.2. The van der Waals surface area contributed by atoms with E-state index in [1.807, 2.05) is 49.4 Å². The largest absolute Gasteiger partial charge is 0.352 e. The van der Waals surface area contributed by atoms with Crippen LogP contribution in [0, 0.1) is 0 Å². The van der Waals surface area contributed by atoms with Gasteiger partial charge >= 0.3 is 0 Å². The molecule has 2 aromatic carbocycles. The fourth-order valence-electron chi connectivity index (χ4n) is 4.58. The van der Waals surface area contributed by atoms with E-state index in [0.717, 1.165) is 47.4 Å². The molecule has 1 atom stereocenters. The van der Waals surface area contributed by atoms with Crippen molar-refractivity contribution in [2.75, 3.05) is 17.1 Å². The van der Waals surface area contributed by atoms with E-state index in [0.29, 0.717) is 12.1 Å². The highest BCUT2D eigenvalue weighted by atomic mass is 32.2. The smallest absolute Gasteiger partial charge is 0.244 e. The lowest BCUT2D eigenvalue weighted by molar-refractivity contribution is -0.139. The zero-order valence-corrected chi connectivity index (χ0v) is 21.8. The average Bonchev–Trinajstić information content (AvgIpc) is 2.85. The van der Waals surface area contributed by atoms with Crippen molar-refractivity contribution in [2.24, 2.45) is 0 Å². The van der Waals surface area contributed by atoms with E-state index in [4.69, 9.17) is 0 Å². The number of anilines is 1. The SMILES string of the molecule is CCc1ccccc1N(CC(=O)N(Cc1ccccc1)C(C)C(=O)NC1CCCCC1)S(C)(=O)=O. The maximum Gasteiger partial charge on any atom is 0.244 e. The molecule has 0 radical (unpaired) electrons. The van der Waals surface area contributed by atoms with Crippen molar-refractivity contribution in [3.05, 3.63) is 65.7 Å². The summed E-state index contributed by atoms with van der Waals surface area (Å²) in [6, 6.07) is 16.0. The zero-order valence-electron chi connectivity index (χ0n) is 20.9. The van der Waals surface area contributed by atoms with E-state index in [1.165, 1.54) is 11.3 Å². The molecule has 2 amide bonds. The van der Waals surface area contributed by atoms with E-state index in [2.05, 4.69) is 5.32 Å². The molecule has 1 N–H and O–H groups in total. The third-order valence-corrected chi connectivity index (χ3v) is 7.76. The molecule has 0 aromatic heterocycles. The van der Waals surface area contributed by atoms with Crippen LogP contribution < -0.4 is 9.62 Å². The van der Waals surface area contributed by atoms with Crippen LogP contribution in [0.25, 0.3) is 0 Å². The molecule has 0 saturated heterocycles.